The maximum Gasteiger partial charge on any atom is 0.291 e. The molecular formula is C20H17N3O4S. The lowest BCUT2D eigenvalue weighted by Gasteiger charge is -2.07. The predicted molar refractivity (Wildman–Crippen MR) is 107 cm³/mol. The van der Waals surface area contributed by atoms with Gasteiger partial charge in [-0.25, -0.2) is 0 Å². The van der Waals surface area contributed by atoms with E-state index >= 15 is 0 Å². The molecule has 142 valence electrons. The van der Waals surface area contributed by atoms with Gasteiger partial charge < -0.3 is 20.4 Å². The Balaban J connectivity index is 1.38. The third-order valence-electron chi connectivity index (χ3n) is 4.15. The summed E-state index contributed by atoms with van der Waals surface area (Å²) < 4.78 is 5.06. The van der Waals surface area contributed by atoms with Gasteiger partial charge in [-0.2, -0.15) is 0 Å². The minimum absolute atomic E-state index is 0.00816. The van der Waals surface area contributed by atoms with Crippen molar-refractivity contribution in [3.8, 4) is 0 Å². The lowest BCUT2D eigenvalue weighted by atomic mass is 10.2. The first-order chi connectivity index (χ1) is 13.6. The van der Waals surface area contributed by atoms with Crippen molar-refractivity contribution >= 4 is 45.4 Å². The molecule has 2 aromatic heterocycles. The number of hydrogen-bond donors (Lipinski definition) is 3. The first-order valence-electron chi connectivity index (χ1n) is 8.75. The Morgan fingerprint density at radius 3 is 2.32 bits per heavy atom. The zero-order valence-electron chi connectivity index (χ0n) is 14.7. The van der Waals surface area contributed by atoms with Crippen LogP contribution in [-0.2, 0) is 4.79 Å². The van der Waals surface area contributed by atoms with Gasteiger partial charge in [0.25, 0.3) is 11.8 Å². The van der Waals surface area contributed by atoms with Crippen molar-refractivity contribution in [2.24, 2.45) is 5.92 Å². The molecule has 0 saturated heterocycles. The number of anilines is 3. The van der Waals surface area contributed by atoms with E-state index in [1.165, 1.54) is 17.6 Å². The Labute approximate surface area is 164 Å². The normalized spacial score (nSPS) is 13.0. The summed E-state index contributed by atoms with van der Waals surface area (Å²) in [4.78, 5) is 36.8. The van der Waals surface area contributed by atoms with Crippen LogP contribution in [0.4, 0.5) is 16.4 Å². The van der Waals surface area contributed by atoms with Gasteiger partial charge in [0, 0.05) is 17.3 Å². The number of amides is 3. The summed E-state index contributed by atoms with van der Waals surface area (Å²) in [6, 6.07) is 13.4. The van der Waals surface area contributed by atoms with E-state index in [2.05, 4.69) is 16.0 Å². The van der Waals surface area contributed by atoms with Gasteiger partial charge in [0.2, 0.25) is 5.91 Å². The van der Waals surface area contributed by atoms with Crippen LogP contribution in [0.25, 0.3) is 0 Å². The average molecular weight is 395 g/mol. The predicted octanol–water partition coefficient (Wildman–Crippen LogP) is 4.19. The monoisotopic (exact) mass is 395 g/mol. The highest BCUT2D eigenvalue weighted by atomic mass is 32.1. The Hall–Kier alpha value is -3.39. The van der Waals surface area contributed by atoms with Gasteiger partial charge in [-0.15, -0.1) is 11.3 Å². The van der Waals surface area contributed by atoms with E-state index in [0.29, 0.717) is 21.3 Å². The number of thiophene rings is 1. The SMILES string of the molecule is O=C(Nc1cccc(NC(=O)c2ccc(NC(=O)C3CC3)s2)c1)c1ccco1. The molecule has 0 atom stereocenters. The number of carbonyl (C=O) groups is 3. The first kappa shape index (κ1) is 18.0. The van der Waals surface area contributed by atoms with Crippen LogP contribution in [0.3, 0.4) is 0 Å². The van der Waals surface area contributed by atoms with Crippen molar-refractivity contribution in [3.05, 3.63) is 65.4 Å². The largest absolute Gasteiger partial charge is 0.459 e. The average Bonchev–Trinajstić information content (AvgIpc) is 3.18. The number of carbonyl (C=O) groups excluding carboxylic acids is 3. The van der Waals surface area contributed by atoms with Crippen LogP contribution in [-0.4, -0.2) is 17.7 Å². The molecule has 28 heavy (non-hydrogen) atoms. The van der Waals surface area contributed by atoms with E-state index in [0.717, 1.165) is 12.8 Å². The second kappa shape index (κ2) is 7.69. The highest BCUT2D eigenvalue weighted by Crippen LogP contribution is 2.31. The topological polar surface area (TPSA) is 100 Å². The Bertz CT molecular complexity index is 1020. The Morgan fingerprint density at radius 1 is 0.893 bits per heavy atom. The van der Waals surface area contributed by atoms with Crippen LogP contribution in [0.1, 0.15) is 33.1 Å². The number of furan rings is 1. The smallest absolute Gasteiger partial charge is 0.291 e. The zero-order chi connectivity index (χ0) is 19.5. The molecule has 0 bridgehead atoms. The van der Waals surface area contributed by atoms with E-state index < -0.39 is 0 Å². The summed E-state index contributed by atoms with van der Waals surface area (Å²) >= 11 is 1.22. The maximum absolute atomic E-state index is 12.5. The molecule has 1 aliphatic carbocycles. The van der Waals surface area contributed by atoms with E-state index in [1.54, 1.807) is 48.5 Å². The van der Waals surface area contributed by atoms with Crippen LogP contribution in [0, 0.1) is 5.92 Å². The summed E-state index contributed by atoms with van der Waals surface area (Å²) in [5, 5.41) is 8.99. The first-order valence-corrected chi connectivity index (χ1v) is 9.57. The molecule has 1 aromatic carbocycles. The fraction of sp³-hybridized carbons (Fsp3) is 0.150. The van der Waals surface area contributed by atoms with Crippen LogP contribution in [0.2, 0.25) is 0 Å². The fourth-order valence-corrected chi connectivity index (χ4v) is 3.37. The third-order valence-corrected chi connectivity index (χ3v) is 5.15. The summed E-state index contributed by atoms with van der Waals surface area (Å²) in [6.45, 7) is 0. The molecule has 2 heterocycles. The second-order valence-electron chi connectivity index (χ2n) is 6.39. The second-order valence-corrected chi connectivity index (χ2v) is 7.48. The maximum atomic E-state index is 12.5. The van der Waals surface area contributed by atoms with Gasteiger partial charge in [-0.05, 0) is 55.3 Å². The van der Waals surface area contributed by atoms with Crippen molar-refractivity contribution in [1.82, 2.24) is 0 Å². The standard InChI is InChI=1S/C20H17N3O4S/c24-18(12-6-7-12)23-17-9-8-16(28-17)20(26)22-14-4-1-3-13(11-14)21-19(25)15-5-2-10-27-15/h1-5,8-12H,6-7H2,(H,21,25)(H,22,26)(H,23,24). The van der Waals surface area contributed by atoms with Crippen molar-refractivity contribution in [2.45, 2.75) is 12.8 Å². The van der Waals surface area contributed by atoms with Crippen molar-refractivity contribution < 1.29 is 18.8 Å². The fourth-order valence-electron chi connectivity index (χ4n) is 2.56. The van der Waals surface area contributed by atoms with Gasteiger partial charge in [-0.1, -0.05) is 6.07 Å². The number of benzene rings is 1. The Kier molecular flexibility index (Phi) is 4.94. The minimum atomic E-state index is -0.372. The summed E-state index contributed by atoms with van der Waals surface area (Å²) in [7, 11) is 0. The molecule has 1 fully saturated rings. The van der Waals surface area contributed by atoms with E-state index in [1.807, 2.05) is 0 Å². The van der Waals surface area contributed by atoms with Crippen LogP contribution < -0.4 is 16.0 Å². The van der Waals surface area contributed by atoms with Gasteiger partial charge in [-0.3, -0.25) is 14.4 Å². The van der Waals surface area contributed by atoms with Gasteiger partial charge in [0.05, 0.1) is 16.1 Å². The lowest BCUT2D eigenvalue weighted by Crippen LogP contribution is -2.13. The van der Waals surface area contributed by atoms with E-state index in [4.69, 9.17) is 4.42 Å². The van der Waals surface area contributed by atoms with Crippen LogP contribution >= 0.6 is 11.3 Å². The summed E-state index contributed by atoms with van der Waals surface area (Å²) in [6.07, 6.45) is 3.28. The van der Waals surface area contributed by atoms with E-state index in [9.17, 15) is 14.4 Å². The lowest BCUT2D eigenvalue weighted by molar-refractivity contribution is -0.117. The van der Waals surface area contributed by atoms with Crippen molar-refractivity contribution in [1.29, 1.82) is 0 Å². The van der Waals surface area contributed by atoms with Gasteiger partial charge in [0.15, 0.2) is 5.76 Å². The molecule has 1 saturated carbocycles. The number of nitrogens with one attached hydrogen (secondary N) is 3. The molecule has 0 spiro atoms. The molecule has 7 nitrogen and oxygen atoms in total. The molecule has 0 unspecified atom stereocenters. The molecule has 0 aliphatic heterocycles. The van der Waals surface area contributed by atoms with Crippen LogP contribution in [0.15, 0.2) is 59.2 Å². The molecule has 0 radical (unpaired) electrons. The van der Waals surface area contributed by atoms with Crippen molar-refractivity contribution in [3.63, 3.8) is 0 Å². The summed E-state index contributed by atoms with van der Waals surface area (Å²) in [5.74, 6) is -0.338. The summed E-state index contributed by atoms with van der Waals surface area (Å²) in [5.41, 5.74) is 1.07. The number of hydrogen-bond acceptors (Lipinski definition) is 5. The quantitative estimate of drug-likeness (QED) is 0.582. The Morgan fingerprint density at radius 2 is 1.64 bits per heavy atom. The van der Waals surface area contributed by atoms with Gasteiger partial charge in [0.1, 0.15) is 0 Å². The van der Waals surface area contributed by atoms with Crippen LogP contribution in [0.5, 0.6) is 0 Å². The third kappa shape index (κ3) is 4.29. The molecule has 1 aliphatic rings. The molecule has 8 heteroatoms. The van der Waals surface area contributed by atoms with Crippen molar-refractivity contribution in [2.75, 3.05) is 16.0 Å². The number of rotatable bonds is 6. The molecule has 3 amide bonds. The highest BCUT2D eigenvalue weighted by molar-refractivity contribution is 7.18. The zero-order valence-corrected chi connectivity index (χ0v) is 15.5. The van der Waals surface area contributed by atoms with E-state index in [-0.39, 0.29) is 29.4 Å². The molecule has 4 rings (SSSR count). The molecule has 3 N–H and O–H groups in total. The van der Waals surface area contributed by atoms with Gasteiger partial charge >= 0.3 is 0 Å². The highest BCUT2D eigenvalue weighted by Gasteiger charge is 2.29. The molecule has 3 aromatic rings. The molecular weight excluding hydrogens is 378 g/mol. The minimum Gasteiger partial charge on any atom is -0.459 e.